The fraction of sp³-hybridized carbons (Fsp3) is 0.765. The Morgan fingerprint density at radius 1 is 1.30 bits per heavy atom. The molecule has 4 rings (SSSR count). The van der Waals surface area contributed by atoms with E-state index in [1.165, 1.54) is 42.5 Å². The highest BCUT2D eigenvalue weighted by Crippen LogP contribution is 2.48. The predicted octanol–water partition coefficient (Wildman–Crippen LogP) is 3.88. The van der Waals surface area contributed by atoms with E-state index < -0.39 is 0 Å². The molecule has 3 aliphatic rings. The van der Waals surface area contributed by atoms with Crippen molar-refractivity contribution in [2.75, 3.05) is 6.61 Å². The summed E-state index contributed by atoms with van der Waals surface area (Å²) in [7, 11) is 0. The molecule has 0 amide bonds. The van der Waals surface area contributed by atoms with Gasteiger partial charge in [-0.1, -0.05) is 0 Å². The predicted molar refractivity (Wildman–Crippen MR) is 81.3 cm³/mol. The van der Waals surface area contributed by atoms with Crippen LogP contribution in [0.4, 0.5) is 0 Å². The maximum absolute atomic E-state index is 11.0. The zero-order chi connectivity index (χ0) is 13.6. The molecule has 1 N–H and O–H groups in total. The summed E-state index contributed by atoms with van der Waals surface area (Å²) < 4.78 is 6.01. The maximum atomic E-state index is 11.0. The number of aliphatic hydroxyl groups is 1. The van der Waals surface area contributed by atoms with Crippen LogP contribution in [0.3, 0.4) is 0 Å². The second kappa shape index (κ2) is 5.11. The van der Waals surface area contributed by atoms with Gasteiger partial charge in [-0.05, 0) is 74.3 Å². The van der Waals surface area contributed by atoms with Gasteiger partial charge in [-0.25, -0.2) is 0 Å². The van der Waals surface area contributed by atoms with E-state index in [1.54, 1.807) is 0 Å². The monoisotopic (exact) mass is 292 g/mol. The molecular formula is C17H24O2S. The van der Waals surface area contributed by atoms with E-state index >= 15 is 0 Å². The van der Waals surface area contributed by atoms with Gasteiger partial charge in [0.15, 0.2) is 0 Å². The zero-order valence-electron chi connectivity index (χ0n) is 12.0. The largest absolute Gasteiger partial charge is 0.392 e. The van der Waals surface area contributed by atoms with Crippen molar-refractivity contribution in [2.24, 2.45) is 5.92 Å². The van der Waals surface area contributed by atoms with Crippen LogP contribution in [0, 0.1) is 5.92 Å². The molecule has 3 atom stereocenters. The van der Waals surface area contributed by atoms with Crippen molar-refractivity contribution < 1.29 is 9.84 Å². The Balaban J connectivity index is 1.51. The number of aliphatic hydroxyl groups excluding tert-OH is 1. The van der Waals surface area contributed by atoms with Gasteiger partial charge in [0.2, 0.25) is 0 Å². The first-order valence-corrected chi connectivity index (χ1v) is 9.04. The number of rotatable bonds is 2. The Morgan fingerprint density at radius 2 is 2.20 bits per heavy atom. The Labute approximate surface area is 125 Å². The Bertz CT molecular complexity index is 477. The molecule has 1 aromatic rings. The molecule has 1 aliphatic heterocycles. The number of aryl methyl sites for hydroxylation is 1. The average Bonchev–Trinajstić information content (AvgIpc) is 2.93. The quantitative estimate of drug-likeness (QED) is 0.896. The molecule has 2 fully saturated rings. The molecule has 0 aromatic carbocycles. The molecule has 3 heteroatoms. The molecule has 0 bridgehead atoms. The van der Waals surface area contributed by atoms with Gasteiger partial charge in [0.25, 0.3) is 0 Å². The normalized spacial score (nSPS) is 33.5. The third kappa shape index (κ3) is 2.15. The number of ether oxygens (including phenoxy) is 1. The van der Waals surface area contributed by atoms with Gasteiger partial charge in [0.1, 0.15) is 0 Å². The Hall–Kier alpha value is -0.380. The summed E-state index contributed by atoms with van der Waals surface area (Å²) in [4.78, 5) is 1.52. The fourth-order valence-corrected chi connectivity index (χ4v) is 5.48. The van der Waals surface area contributed by atoms with E-state index in [2.05, 4.69) is 11.4 Å². The SMILES string of the molecule is OC(C1CCOC2(CCC2)C1)C1CCCc2sccc21. The summed E-state index contributed by atoms with van der Waals surface area (Å²) in [5.41, 5.74) is 1.60. The average molecular weight is 292 g/mol. The van der Waals surface area contributed by atoms with Gasteiger partial charge in [-0.2, -0.15) is 0 Å². The van der Waals surface area contributed by atoms with Crippen molar-refractivity contribution in [3.63, 3.8) is 0 Å². The maximum Gasteiger partial charge on any atom is 0.0686 e. The minimum atomic E-state index is -0.162. The number of thiophene rings is 1. The summed E-state index contributed by atoms with van der Waals surface area (Å²) in [6, 6.07) is 2.26. The first kappa shape index (κ1) is 13.3. The van der Waals surface area contributed by atoms with Gasteiger partial charge in [0.05, 0.1) is 11.7 Å². The lowest BCUT2D eigenvalue weighted by atomic mass is 9.68. The third-order valence-corrected chi connectivity index (χ3v) is 6.79. The third-order valence-electron chi connectivity index (χ3n) is 5.79. The van der Waals surface area contributed by atoms with Crippen molar-refractivity contribution in [2.45, 2.75) is 69.0 Å². The molecule has 3 unspecified atom stereocenters. The van der Waals surface area contributed by atoms with Crippen molar-refractivity contribution in [1.82, 2.24) is 0 Å². The molecule has 1 saturated carbocycles. The molecule has 1 spiro atoms. The lowest BCUT2D eigenvalue weighted by Crippen LogP contribution is -2.48. The Kier molecular flexibility index (Phi) is 3.40. The van der Waals surface area contributed by atoms with Crippen LogP contribution in [0.2, 0.25) is 0 Å². The smallest absolute Gasteiger partial charge is 0.0686 e. The summed E-state index contributed by atoms with van der Waals surface area (Å²) in [6.45, 7) is 0.852. The van der Waals surface area contributed by atoms with Crippen molar-refractivity contribution in [3.05, 3.63) is 21.9 Å². The fourth-order valence-electron chi connectivity index (χ4n) is 4.48. The van der Waals surface area contributed by atoms with Crippen LogP contribution >= 0.6 is 11.3 Å². The minimum Gasteiger partial charge on any atom is -0.392 e. The second-order valence-corrected chi connectivity index (χ2v) is 7.93. The van der Waals surface area contributed by atoms with Crippen molar-refractivity contribution >= 4 is 11.3 Å². The van der Waals surface area contributed by atoms with Crippen molar-refractivity contribution in [1.29, 1.82) is 0 Å². The molecule has 20 heavy (non-hydrogen) atoms. The number of hydrogen-bond donors (Lipinski definition) is 1. The summed E-state index contributed by atoms with van der Waals surface area (Å²) >= 11 is 1.87. The highest BCUT2D eigenvalue weighted by Gasteiger charge is 2.45. The van der Waals surface area contributed by atoms with Crippen LogP contribution in [-0.4, -0.2) is 23.4 Å². The van der Waals surface area contributed by atoms with Crippen molar-refractivity contribution in [3.8, 4) is 0 Å². The lowest BCUT2D eigenvalue weighted by molar-refractivity contribution is -0.158. The molecule has 1 aromatic heterocycles. The van der Waals surface area contributed by atoms with E-state index in [1.807, 2.05) is 11.3 Å². The first-order valence-electron chi connectivity index (χ1n) is 8.16. The van der Waals surface area contributed by atoms with Gasteiger partial charge in [0, 0.05) is 17.4 Å². The molecule has 1 saturated heterocycles. The van der Waals surface area contributed by atoms with Gasteiger partial charge in [-0.15, -0.1) is 11.3 Å². The number of hydrogen-bond acceptors (Lipinski definition) is 3. The summed E-state index contributed by atoms with van der Waals surface area (Å²) in [5, 5.41) is 13.2. The van der Waals surface area contributed by atoms with E-state index in [-0.39, 0.29) is 11.7 Å². The molecule has 0 radical (unpaired) electrons. The van der Waals surface area contributed by atoms with Gasteiger partial charge in [-0.3, -0.25) is 0 Å². The second-order valence-electron chi connectivity index (χ2n) is 6.93. The van der Waals surface area contributed by atoms with E-state index in [0.29, 0.717) is 11.8 Å². The first-order chi connectivity index (χ1) is 9.77. The van der Waals surface area contributed by atoms with Gasteiger partial charge < -0.3 is 9.84 Å². The molecular weight excluding hydrogens is 268 g/mol. The highest BCUT2D eigenvalue weighted by molar-refractivity contribution is 7.10. The molecule has 2 aliphatic carbocycles. The van der Waals surface area contributed by atoms with Crippen LogP contribution in [-0.2, 0) is 11.2 Å². The van der Waals surface area contributed by atoms with Crippen LogP contribution in [0.25, 0.3) is 0 Å². The summed E-state index contributed by atoms with van der Waals surface area (Å²) in [6.07, 6.45) is 9.32. The molecule has 2 nitrogen and oxygen atoms in total. The van der Waals surface area contributed by atoms with Gasteiger partial charge >= 0.3 is 0 Å². The van der Waals surface area contributed by atoms with Crippen LogP contribution in [0.1, 0.15) is 61.3 Å². The highest BCUT2D eigenvalue weighted by atomic mass is 32.1. The summed E-state index contributed by atoms with van der Waals surface area (Å²) in [5.74, 6) is 0.824. The zero-order valence-corrected chi connectivity index (χ0v) is 12.8. The van der Waals surface area contributed by atoms with E-state index in [0.717, 1.165) is 25.9 Å². The minimum absolute atomic E-state index is 0.149. The molecule has 2 heterocycles. The van der Waals surface area contributed by atoms with E-state index in [9.17, 15) is 5.11 Å². The Morgan fingerprint density at radius 3 is 3.00 bits per heavy atom. The topological polar surface area (TPSA) is 29.5 Å². The standard InChI is InChI=1S/C17H24O2S/c18-16(12-5-9-19-17(11-12)7-2-8-17)14-3-1-4-15-13(14)6-10-20-15/h6,10,12,14,16,18H,1-5,7-9,11H2. The van der Waals surface area contributed by atoms with E-state index in [4.69, 9.17) is 4.74 Å². The lowest BCUT2D eigenvalue weighted by Gasteiger charge is -2.49. The van der Waals surface area contributed by atoms with Crippen LogP contribution < -0.4 is 0 Å². The number of fused-ring (bicyclic) bond motifs is 1. The molecule has 110 valence electrons. The van der Waals surface area contributed by atoms with Crippen LogP contribution in [0.5, 0.6) is 0 Å². The van der Waals surface area contributed by atoms with Crippen LogP contribution in [0.15, 0.2) is 11.4 Å².